The molecule has 0 heterocycles. The zero-order chi connectivity index (χ0) is 17.7. The van der Waals surface area contributed by atoms with E-state index in [4.69, 9.17) is 32.7 Å². The van der Waals surface area contributed by atoms with Gasteiger partial charge in [0, 0.05) is 16.6 Å². The molecule has 0 saturated carbocycles. The highest BCUT2D eigenvalue weighted by Crippen LogP contribution is 2.26. The molecule has 0 saturated heterocycles. The van der Waals surface area contributed by atoms with E-state index in [-0.39, 0.29) is 23.8 Å². The second-order valence-electron chi connectivity index (χ2n) is 4.95. The molecule has 1 N–H and O–H groups in total. The van der Waals surface area contributed by atoms with Crippen LogP contribution in [0.25, 0.3) is 0 Å². The molecule has 0 unspecified atom stereocenters. The number of sulfonamides is 1. The van der Waals surface area contributed by atoms with Crippen molar-refractivity contribution in [2.75, 3.05) is 20.3 Å². The number of rotatable bonds is 7. The Morgan fingerprint density at radius 1 is 1.12 bits per heavy atom. The number of nitrogens with one attached hydrogen (secondary N) is 1. The zero-order valence-corrected chi connectivity index (χ0v) is 15.5. The van der Waals surface area contributed by atoms with Crippen LogP contribution in [0.4, 0.5) is 0 Å². The Bertz CT molecular complexity index is 825. The van der Waals surface area contributed by atoms with E-state index < -0.39 is 10.0 Å². The molecular weight excluding hydrogens is 373 g/mol. The van der Waals surface area contributed by atoms with E-state index in [1.165, 1.54) is 19.2 Å². The van der Waals surface area contributed by atoms with E-state index in [0.29, 0.717) is 15.8 Å². The fraction of sp³-hybridized carbons (Fsp3) is 0.250. The average molecular weight is 390 g/mol. The van der Waals surface area contributed by atoms with Gasteiger partial charge in [-0.25, -0.2) is 13.1 Å². The zero-order valence-electron chi connectivity index (χ0n) is 13.2. The van der Waals surface area contributed by atoms with E-state index in [9.17, 15) is 8.42 Å². The van der Waals surface area contributed by atoms with Crippen molar-refractivity contribution in [1.29, 1.82) is 0 Å². The van der Waals surface area contributed by atoms with Crippen molar-refractivity contribution in [3.8, 4) is 11.5 Å². The van der Waals surface area contributed by atoms with Gasteiger partial charge in [0.1, 0.15) is 23.0 Å². The van der Waals surface area contributed by atoms with Crippen LogP contribution >= 0.6 is 23.2 Å². The minimum absolute atomic E-state index is 0.0140. The van der Waals surface area contributed by atoms with Crippen LogP contribution in [-0.2, 0) is 10.0 Å². The average Bonchev–Trinajstić information content (AvgIpc) is 2.55. The normalized spacial score (nSPS) is 11.3. The van der Waals surface area contributed by atoms with Gasteiger partial charge in [-0.1, -0.05) is 23.2 Å². The number of ether oxygens (including phenoxy) is 2. The van der Waals surface area contributed by atoms with Crippen LogP contribution in [0.5, 0.6) is 11.5 Å². The molecule has 0 amide bonds. The molecule has 0 aliphatic carbocycles. The Labute approximate surface area is 151 Å². The molecule has 24 heavy (non-hydrogen) atoms. The molecule has 0 fully saturated rings. The number of benzene rings is 2. The van der Waals surface area contributed by atoms with Crippen molar-refractivity contribution < 1.29 is 17.9 Å². The first-order valence-corrected chi connectivity index (χ1v) is 9.29. The largest absolute Gasteiger partial charge is 0.495 e. The summed E-state index contributed by atoms with van der Waals surface area (Å²) >= 11 is 11.8. The van der Waals surface area contributed by atoms with Gasteiger partial charge in [-0.2, -0.15) is 0 Å². The van der Waals surface area contributed by atoms with Gasteiger partial charge in [-0.3, -0.25) is 0 Å². The van der Waals surface area contributed by atoms with E-state index in [1.54, 1.807) is 24.3 Å². The van der Waals surface area contributed by atoms with Gasteiger partial charge in [-0.15, -0.1) is 0 Å². The Kier molecular flexibility index (Phi) is 6.34. The van der Waals surface area contributed by atoms with Crippen LogP contribution in [-0.4, -0.2) is 28.7 Å². The lowest BCUT2D eigenvalue weighted by Gasteiger charge is -2.12. The molecule has 2 aromatic carbocycles. The Morgan fingerprint density at radius 3 is 2.54 bits per heavy atom. The monoisotopic (exact) mass is 389 g/mol. The minimum atomic E-state index is -3.76. The summed E-state index contributed by atoms with van der Waals surface area (Å²) in [6, 6.07) is 9.65. The lowest BCUT2D eigenvalue weighted by molar-refractivity contribution is 0.322. The van der Waals surface area contributed by atoms with Gasteiger partial charge < -0.3 is 9.47 Å². The van der Waals surface area contributed by atoms with Crippen LogP contribution in [0.2, 0.25) is 10.0 Å². The number of hydrogen-bond acceptors (Lipinski definition) is 4. The fourth-order valence-corrected chi connectivity index (χ4v) is 3.55. The van der Waals surface area contributed by atoms with Gasteiger partial charge in [0.05, 0.1) is 7.11 Å². The Hall–Kier alpha value is -1.47. The summed E-state index contributed by atoms with van der Waals surface area (Å²) in [5, 5.41) is 0.958. The first-order valence-electron chi connectivity index (χ1n) is 7.05. The van der Waals surface area contributed by atoms with Crippen molar-refractivity contribution in [3.63, 3.8) is 0 Å². The molecule has 5 nitrogen and oxygen atoms in total. The highest BCUT2D eigenvalue weighted by atomic mass is 35.5. The van der Waals surface area contributed by atoms with Crippen molar-refractivity contribution in [2.45, 2.75) is 11.8 Å². The molecule has 0 bridgehead atoms. The van der Waals surface area contributed by atoms with Crippen LogP contribution in [0.1, 0.15) is 5.56 Å². The van der Waals surface area contributed by atoms with Gasteiger partial charge in [0.2, 0.25) is 10.0 Å². The number of hydrogen-bond donors (Lipinski definition) is 1. The summed E-state index contributed by atoms with van der Waals surface area (Å²) in [4.78, 5) is -0.0140. The van der Waals surface area contributed by atoms with Gasteiger partial charge in [0.25, 0.3) is 0 Å². The third-order valence-corrected chi connectivity index (χ3v) is 5.35. The summed E-state index contributed by atoms with van der Waals surface area (Å²) in [6.07, 6.45) is 0. The van der Waals surface area contributed by atoms with Crippen LogP contribution in [0.3, 0.4) is 0 Å². The van der Waals surface area contributed by atoms with E-state index in [2.05, 4.69) is 4.72 Å². The summed E-state index contributed by atoms with van der Waals surface area (Å²) in [6.45, 7) is 2.13. The molecule has 0 radical (unpaired) electrons. The van der Waals surface area contributed by atoms with Crippen molar-refractivity contribution in [2.24, 2.45) is 0 Å². The lowest BCUT2D eigenvalue weighted by Crippen LogP contribution is -2.28. The van der Waals surface area contributed by atoms with Crippen LogP contribution in [0.15, 0.2) is 41.3 Å². The summed E-state index contributed by atoms with van der Waals surface area (Å²) < 4.78 is 37.7. The third-order valence-electron chi connectivity index (χ3n) is 3.21. The maximum atomic E-state index is 12.4. The van der Waals surface area contributed by atoms with E-state index in [0.717, 1.165) is 5.56 Å². The summed E-state index contributed by atoms with van der Waals surface area (Å²) in [5.41, 5.74) is 0.887. The van der Waals surface area contributed by atoms with Gasteiger partial charge in [-0.05, 0) is 48.9 Å². The standard InChI is InChI=1S/C16H17Cl2NO4S/c1-11-9-13(4-5-14(11)18)23-8-7-19-24(20,21)16-10-12(17)3-6-15(16)22-2/h3-6,9-10,19H,7-8H2,1-2H3. The minimum Gasteiger partial charge on any atom is -0.495 e. The second kappa shape index (κ2) is 8.07. The molecule has 0 aromatic heterocycles. The summed E-state index contributed by atoms with van der Waals surface area (Å²) in [7, 11) is -2.36. The first kappa shape index (κ1) is 18.9. The molecule has 0 atom stereocenters. The predicted molar refractivity (Wildman–Crippen MR) is 94.9 cm³/mol. The molecular formula is C16H17Cl2NO4S. The van der Waals surface area contributed by atoms with Crippen molar-refractivity contribution >= 4 is 33.2 Å². The molecule has 0 aliphatic heterocycles. The maximum Gasteiger partial charge on any atom is 0.244 e. The fourth-order valence-electron chi connectivity index (χ4n) is 1.99. The number of aryl methyl sites for hydroxylation is 1. The third kappa shape index (κ3) is 4.77. The predicted octanol–water partition coefficient (Wildman–Crippen LogP) is 3.67. The SMILES string of the molecule is COc1ccc(Cl)cc1S(=O)(=O)NCCOc1ccc(Cl)c(C)c1. The highest BCUT2D eigenvalue weighted by Gasteiger charge is 2.19. The Morgan fingerprint density at radius 2 is 1.88 bits per heavy atom. The molecule has 0 spiro atoms. The quantitative estimate of drug-likeness (QED) is 0.733. The topological polar surface area (TPSA) is 64.6 Å². The molecule has 0 aliphatic rings. The first-order chi connectivity index (χ1) is 11.3. The molecule has 2 aromatic rings. The molecule has 130 valence electrons. The van der Waals surface area contributed by atoms with Crippen LogP contribution in [0, 0.1) is 6.92 Å². The van der Waals surface area contributed by atoms with E-state index in [1.807, 2.05) is 6.92 Å². The summed E-state index contributed by atoms with van der Waals surface area (Å²) in [5.74, 6) is 0.845. The lowest BCUT2D eigenvalue weighted by atomic mass is 10.2. The van der Waals surface area contributed by atoms with Gasteiger partial charge in [0.15, 0.2) is 0 Å². The van der Waals surface area contributed by atoms with Gasteiger partial charge >= 0.3 is 0 Å². The van der Waals surface area contributed by atoms with Crippen LogP contribution < -0.4 is 14.2 Å². The van der Waals surface area contributed by atoms with E-state index >= 15 is 0 Å². The van der Waals surface area contributed by atoms with Crippen molar-refractivity contribution in [3.05, 3.63) is 52.0 Å². The smallest absolute Gasteiger partial charge is 0.244 e. The molecule has 8 heteroatoms. The maximum absolute atomic E-state index is 12.4. The molecule has 2 rings (SSSR count). The number of methoxy groups -OCH3 is 1. The Balaban J connectivity index is 1.98. The second-order valence-corrected chi connectivity index (χ2v) is 7.53. The number of halogens is 2. The highest BCUT2D eigenvalue weighted by molar-refractivity contribution is 7.89. The van der Waals surface area contributed by atoms with Crippen molar-refractivity contribution in [1.82, 2.24) is 4.72 Å².